The summed E-state index contributed by atoms with van der Waals surface area (Å²) in [4.78, 5) is 0. The van der Waals surface area contributed by atoms with Gasteiger partial charge in [-0.3, -0.25) is 4.21 Å². The zero-order valence-electron chi connectivity index (χ0n) is 6.64. The first-order valence-electron chi connectivity index (χ1n) is 3.03. The van der Waals surface area contributed by atoms with E-state index in [4.69, 9.17) is 5.11 Å². The van der Waals surface area contributed by atoms with Crippen molar-refractivity contribution in [2.75, 3.05) is 0 Å². The molecule has 2 unspecified atom stereocenters. The van der Waals surface area contributed by atoms with Crippen LogP contribution in [-0.2, 0) is 11.1 Å². The average Bonchev–Trinajstić information content (AvgIpc) is 2.05. The molecule has 0 aliphatic rings. The number of rotatable bonds is 2. The second-order valence-electron chi connectivity index (χ2n) is 2.02. The summed E-state index contributed by atoms with van der Waals surface area (Å²) >= 11 is -2.46. The number of hydrogen-bond acceptors (Lipinski definition) is 3. The Bertz CT molecular complexity index is 252. The third kappa shape index (κ3) is 3.35. The molecule has 12 heavy (non-hydrogen) atoms. The van der Waals surface area contributed by atoms with Gasteiger partial charge in [0.05, 0.1) is 0 Å². The smallest absolute Gasteiger partial charge is 0.770 e. The molecule has 1 rings (SSSR count). The van der Waals surface area contributed by atoms with E-state index < -0.39 is 16.5 Å². The first-order valence-corrected chi connectivity index (χ1v) is 4.16. The summed E-state index contributed by atoms with van der Waals surface area (Å²) < 4.78 is 20.5. The number of benzene rings is 1. The maximum Gasteiger partial charge on any atom is 1.00 e. The average molecular weight is 194 g/mol. The van der Waals surface area contributed by atoms with Gasteiger partial charge in [-0.2, -0.15) is 0 Å². The minimum atomic E-state index is -2.46. The van der Waals surface area contributed by atoms with Gasteiger partial charge in [-0.1, -0.05) is 30.3 Å². The number of hydrogen-bond donors (Lipinski definition) is 1. The maximum absolute atomic E-state index is 10.2. The minimum absolute atomic E-state index is 0. The Balaban J connectivity index is 0.00000121. The fourth-order valence-corrected chi connectivity index (χ4v) is 1.11. The molecule has 1 aromatic rings. The summed E-state index contributed by atoms with van der Waals surface area (Å²) in [6, 6.07) is 8.21. The Morgan fingerprint density at radius 1 is 1.33 bits per heavy atom. The van der Waals surface area contributed by atoms with E-state index >= 15 is 0 Å². The van der Waals surface area contributed by atoms with Gasteiger partial charge in [-0.05, 0) is 16.6 Å². The largest absolute Gasteiger partial charge is 1.00 e. The van der Waals surface area contributed by atoms with E-state index in [0.717, 1.165) is 0 Å². The fraction of sp³-hybridized carbons (Fsp3) is 0.143. The van der Waals surface area contributed by atoms with Gasteiger partial charge in [0.15, 0.2) is 0 Å². The van der Waals surface area contributed by atoms with Crippen LogP contribution in [0.25, 0.3) is 0 Å². The minimum Gasteiger partial charge on any atom is -0.770 e. The molecule has 0 spiro atoms. The Morgan fingerprint density at radius 2 is 1.83 bits per heavy atom. The molecule has 0 aromatic heterocycles. The molecule has 5 heteroatoms. The summed E-state index contributed by atoms with van der Waals surface area (Å²) in [6.07, 6.45) is 0. The normalized spacial score (nSPS) is 14.5. The van der Waals surface area contributed by atoms with Gasteiger partial charge < -0.3 is 9.66 Å². The van der Waals surface area contributed by atoms with Crippen molar-refractivity contribution in [3.05, 3.63) is 35.9 Å². The molecule has 1 aromatic carbocycles. The van der Waals surface area contributed by atoms with Crippen molar-refractivity contribution < 1.29 is 43.4 Å². The van der Waals surface area contributed by atoms with Crippen LogP contribution in [0.4, 0.5) is 0 Å². The topological polar surface area (TPSA) is 60.4 Å². The van der Waals surface area contributed by atoms with E-state index in [2.05, 4.69) is 0 Å². The van der Waals surface area contributed by atoms with Crippen molar-refractivity contribution in [2.24, 2.45) is 0 Å². The predicted octanol–water partition coefficient (Wildman–Crippen LogP) is -2.44. The van der Waals surface area contributed by atoms with Crippen LogP contribution >= 0.6 is 0 Å². The van der Waals surface area contributed by atoms with Crippen LogP contribution in [0.2, 0.25) is 0 Å². The number of aliphatic hydroxyl groups is 1. The molecule has 60 valence electrons. The molecule has 0 amide bonds. The Morgan fingerprint density at radius 3 is 2.25 bits per heavy atom. The summed E-state index contributed by atoms with van der Waals surface area (Å²) in [5, 5.41) is 8.99. The second-order valence-corrected chi connectivity index (χ2v) is 2.99. The van der Waals surface area contributed by atoms with E-state index in [1.54, 1.807) is 30.3 Å². The van der Waals surface area contributed by atoms with E-state index in [0.29, 0.717) is 5.56 Å². The summed E-state index contributed by atoms with van der Waals surface area (Å²) in [5.74, 6) is 0. The molecule has 0 bridgehead atoms. The van der Waals surface area contributed by atoms with Crippen molar-refractivity contribution >= 4 is 11.1 Å². The zero-order valence-corrected chi connectivity index (χ0v) is 9.45. The quantitative estimate of drug-likeness (QED) is 0.420. The van der Waals surface area contributed by atoms with E-state index in [-0.39, 0.29) is 29.6 Å². The molecule has 2 atom stereocenters. The standard InChI is InChI=1S/C7H8O3S.Na/c8-7(11(9)10)6-4-2-1-3-5-6;/h1-5,7-8H,(H,9,10);/q;+1/p-1. The fourth-order valence-electron chi connectivity index (χ4n) is 0.729. The molecular weight excluding hydrogens is 187 g/mol. The Kier molecular flexibility index (Phi) is 6.00. The van der Waals surface area contributed by atoms with Crippen LogP contribution in [0.15, 0.2) is 30.3 Å². The second kappa shape index (κ2) is 5.85. The van der Waals surface area contributed by atoms with Crippen molar-refractivity contribution in [1.29, 1.82) is 0 Å². The number of aliphatic hydroxyl groups excluding tert-OH is 1. The van der Waals surface area contributed by atoms with Gasteiger partial charge in [-0.15, -0.1) is 0 Å². The molecule has 0 aliphatic heterocycles. The summed E-state index contributed by atoms with van der Waals surface area (Å²) in [6.45, 7) is 0. The molecule has 0 radical (unpaired) electrons. The van der Waals surface area contributed by atoms with Gasteiger partial charge in [0.1, 0.15) is 5.44 Å². The molecule has 0 fully saturated rings. The van der Waals surface area contributed by atoms with Gasteiger partial charge in [0.2, 0.25) is 0 Å². The van der Waals surface area contributed by atoms with Gasteiger partial charge in [-0.25, -0.2) is 0 Å². The third-order valence-electron chi connectivity index (χ3n) is 1.27. The van der Waals surface area contributed by atoms with Crippen LogP contribution in [0.5, 0.6) is 0 Å². The van der Waals surface area contributed by atoms with Crippen LogP contribution in [0.3, 0.4) is 0 Å². The Labute approximate surface area is 95.4 Å². The first kappa shape index (κ1) is 12.3. The molecule has 0 heterocycles. The molecular formula is C7H7NaO3S. The monoisotopic (exact) mass is 194 g/mol. The van der Waals surface area contributed by atoms with Crippen LogP contribution in [-0.4, -0.2) is 13.9 Å². The van der Waals surface area contributed by atoms with Gasteiger partial charge >= 0.3 is 29.6 Å². The maximum atomic E-state index is 10.2. The predicted molar refractivity (Wildman–Crippen MR) is 40.3 cm³/mol. The Hall–Kier alpha value is 0.290. The van der Waals surface area contributed by atoms with Gasteiger partial charge in [0, 0.05) is 0 Å². The van der Waals surface area contributed by atoms with E-state index in [9.17, 15) is 8.76 Å². The third-order valence-corrected chi connectivity index (χ3v) is 1.90. The molecule has 1 N–H and O–H groups in total. The first-order chi connectivity index (χ1) is 5.22. The van der Waals surface area contributed by atoms with E-state index in [1.165, 1.54) is 0 Å². The van der Waals surface area contributed by atoms with Crippen molar-refractivity contribution in [2.45, 2.75) is 5.44 Å². The van der Waals surface area contributed by atoms with Crippen LogP contribution < -0.4 is 29.6 Å². The zero-order chi connectivity index (χ0) is 8.27. The van der Waals surface area contributed by atoms with E-state index in [1.807, 2.05) is 0 Å². The van der Waals surface area contributed by atoms with Crippen molar-refractivity contribution in [3.8, 4) is 0 Å². The van der Waals surface area contributed by atoms with Crippen LogP contribution in [0.1, 0.15) is 11.0 Å². The summed E-state index contributed by atoms with van der Waals surface area (Å²) in [5.41, 5.74) is -1.02. The van der Waals surface area contributed by atoms with Crippen LogP contribution in [0, 0.1) is 0 Å². The molecule has 0 aliphatic carbocycles. The molecule has 0 saturated carbocycles. The SMILES string of the molecule is O=S([O-])C(O)c1ccccc1.[Na+]. The van der Waals surface area contributed by atoms with Crippen molar-refractivity contribution in [1.82, 2.24) is 0 Å². The summed E-state index contributed by atoms with van der Waals surface area (Å²) in [7, 11) is 0. The van der Waals surface area contributed by atoms with Crippen molar-refractivity contribution in [3.63, 3.8) is 0 Å². The molecule has 0 saturated heterocycles. The molecule has 3 nitrogen and oxygen atoms in total. The van der Waals surface area contributed by atoms with Gasteiger partial charge in [0.25, 0.3) is 0 Å².